The van der Waals surface area contributed by atoms with Crippen LogP contribution in [0.1, 0.15) is 10.4 Å². The lowest BCUT2D eigenvalue weighted by Gasteiger charge is -2.09. The second-order valence-electron chi connectivity index (χ2n) is 3.85. The third kappa shape index (κ3) is 4.09. The van der Waals surface area contributed by atoms with Crippen LogP contribution in [0.25, 0.3) is 0 Å². The number of amides is 1. The largest absolute Gasteiger partial charge is 0.433 e. The van der Waals surface area contributed by atoms with Crippen molar-refractivity contribution < 1.29 is 22.7 Å². The molecule has 1 amide bonds. The summed E-state index contributed by atoms with van der Waals surface area (Å²) >= 11 is 5.75. The van der Waals surface area contributed by atoms with E-state index < -0.39 is 18.5 Å². The van der Waals surface area contributed by atoms with Gasteiger partial charge in [0.2, 0.25) is 5.95 Å². The molecular weight excluding hydrogens is 309 g/mol. The molecule has 1 N–H and O–H groups in total. The minimum Gasteiger partial charge on any atom is -0.433 e. The van der Waals surface area contributed by atoms with Crippen molar-refractivity contribution in [3.05, 3.63) is 53.1 Å². The number of hydrogen-bond acceptors (Lipinski definition) is 3. The Morgan fingerprint density at radius 3 is 2.67 bits per heavy atom. The number of ether oxygens (including phenoxy) is 1. The van der Waals surface area contributed by atoms with Crippen molar-refractivity contribution >= 4 is 23.2 Å². The topological polar surface area (TPSA) is 51.2 Å². The molecule has 4 nitrogen and oxygen atoms in total. The van der Waals surface area contributed by atoms with E-state index in [9.17, 15) is 18.0 Å². The zero-order chi connectivity index (χ0) is 15.4. The van der Waals surface area contributed by atoms with Crippen molar-refractivity contribution in [2.45, 2.75) is 6.61 Å². The van der Waals surface area contributed by atoms with Gasteiger partial charge in [-0.05, 0) is 24.3 Å². The maximum atomic E-state index is 12.9. The second-order valence-corrected chi connectivity index (χ2v) is 4.25. The van der Waals surface area contributed by atoms with Crippen LogP contribution in [0.4, 0.5) is 18.9 Å². The van der Waals surface area contributed by atoms with E-state index in [-0.39, 0.29) is 22.0 Å². The van der Waals surface area contributed by atoms with Gasteiger partial charge in [0.1, 0.15) is 5.75 Å². The highest BCUT2D eigenvalue weighted by Crippen LogP contribution is 2.29. The van der Waals surface area contributed by atoms with Crippen molar-refractivity contribution in [1.29, 1.82) is 0 Å². The molecule has 8 heteroatoms. The van der Waals surface area contributed by atoms with Gasteiger partial charge in [-0.1, -0.05) is 11.6 Å². The predicted octanol–water partition coefficient (Wildman–Crippen LogP) is 3.73. The monoisotopic (exact) mass is 316 g/mol. The number of nitrogens with one attached hydrogen (secondary N) is 1. The van der Waals surface area contributed by atoms with E-state index >= 15 is 0 Å². The molecule has 1 aromatic heterocycles. The fourth-order valence-corrected chi connectivity index (χ4v) is 1.74. The molecule has 0 radical (unpaired) electrons. The van der Waals surface area contributed by atoms with E-state index in [1.165, 1.54) is 24.3 Å². The molecular formula is C13H8ClF3N2O2. The Bertz CT molecular complexity index is 668. The zero-order valence-corrected chi connectivity index (χ0v) is 11.1. The molecule has 0 unspecified atom stereocenters. The molecule has 2 rings (SSSR count). The number of pyridine rings is 1. The molecule has 0 aliphatic rings. The zero-order valence-electron chi connectivity index (χ0n) is 10.3. The van der Waals surface area contributed by atoms with Crippen LogP contribution >= 0.6 is 11.6 Å². The van der Waals surface area contributed by atoms with E-state index in [1.807, 2.05) is 0 Å². The van der Waals surface area contributed by atoms with Crippen molar-refractivity contribution in [3.63, 3.8) is 0 Å². The quantitative estimate of drug-likeness (QED) is 0.874. The molecule has 0 spiro atoms. The van der Waals surface area contributed by atoms with Crippen LogP contribution in [0.15, 0.2) is 36.5 Å². The summed E-state index contributed by atoms with van der Waals surface area (Å²) in [4.78, 5) is 15.2. The Kier molecular flexibility index (Phi) is 4.64. The molecule has 21 heavy (non-hydrogen) atoms. The van der Waals surface area contributed by atoms with Crippen molar-refractivity contribution in [2.24, 2.45) is 0 Å². The number of carbonyl (C=O) groups is 1. The minimum atomic E-state index is -3.00. The maximum Gasteiger partial charge on any atom is 0.387 e. The molecule has 0 saturated heterocycles. The molecule has 0 saturated carbocycles. The lowest BCUT2D eigenvalue weighted by molar-refractivity contribution is -0.0497. The van der Waals surface area contributed by atoms with Crippen LogP contribution in [0.3, 0.4) is 0 Å². The molecule has 0 aliphatic carbocycles. The summed E-state index contributed by atoms with van der Waals surface area (Å²) in [7, 11) is 0. The highest BCUT2D eigenvalue weighted by molar-refractivity contribution is 6.32. The molecule has 2 aromatic rings. The molecule has 110 valence electrons. The van der Waals surface area contributed by atoms with Gasteiger partial charge >= 0.3 is 6.61 Å². The van der Waals surface area contributed by atoms with Gasteiger partial charge in [-0.2, -0.15) is 13.2 Å². The first-order chi connectivity index (χ1) is 9.95. The van der Waals surface area contributed by atoms with Gasteiger partial charge in [0.05, 0.1) is 5.02 Å². The highest BCUT2D eigenvalue weighted by Gasteiger charge is 2.11. The Labute approximate surface area is 122 Å². The van der Waals surface area contributed by atoms with Gasteiger partial charge in [0.25, 0.3) is 5.91 Å². The number of rotatable bonds is 4. The fraction of sp³-hybridized carbons (Fsp3) is 0.0769. The third-order valence-corrected chi connectivity index (χ3v) is 2.69. The summed E-state index contributed by atoms with van der Waals surface area (Å²) in [6.07, 6.45) is 1.15. The number of benzene rings is 1. The fourth-order valence-electron chi connectivity index (χ4n) is 1.52. The van der Waals surface area contributed by atoms with Crippen LogP contribution < -0.4 is 10.1 Å². The summed E-state index contributed by atoms with van der Waals surface area (Å²) in [6.45, 7) is -3.00. The second kappa shape index (κ2) is 6.45. The molecule has 0 atom stereocenters. The van der Waals surface area contributed by atoms with Crippen LogP contribution in [-0.4, -0.2) is 17.5 Å². The number of alkyl halides is 2. The predicted molar refractivity (Wildman–Crippen MR) is 70.2 cm³/mol. The third-order valence-electron chi connectivity index (χ3n) is 2.39. The van der Waals surface area contributed by atoms with Gasteiger partial charge in [-0.25, -0.2) is 4.98 Å². The van der Waals surface area contributed by atoms with Gasteiger partial charge in [-0.3, -0.25) is 4.79 Å². The Hall–Kier alpha value is -2.28. The summed E-state index contributed by atoms with van der Waals surface area (Å²) in [5.41, 5.74) is 0.315. The van der Waals surface area contributed by atoms with Crippen molar-refractivity contribution in [1.82, 2.24) is 4.98 Å². The van der Waals surface area contributed by atoms with Gasteiger partial charge in [-0.15, -0.1) is 0 Å². The maximum absolute atomic E-state index is 12.9. The number of aromatic nitrogens is 1. The summed E-state index contributed by atoms with van der Waals surface area (Å²) in [5.74, 6) is -1.59. The van der Waals surface area contributed by atoms with E-state index in [2.05, 4.69) is 15.0 Å². The van der Waals surface area contributed by atoms with Gasteiger partial charge < -0.3 is 10.1 Å². The Balaban J connectivity index is 2.13. The molecule has 1 heterocycles. The Morgan fingerprint density at radius 1 is 1.29 bits per heavy atom. The van der Waals surface area contributed by atoms with Gasteiger partial charge in [0.15, 0.2) is 0 Å². The first-order valence-corrected chi connectivity index (χ1v) is 6.01. The van der Waals surface area contributed by atoms with E-state index in [0.717, 1.165) is 12.3 Å². The van der Waals surface area contributed by atoms with Crippen molar-refractivity contribution in [2.75, 3.05) is 5.32 Å². The first-order valence-electron chi connectivity index (χ1n) is 5.63. The summed E-state index contributed by atoms with van der Waals surface area (Å²) in [5, 5.41) is 2.36. The minimum absolute atomic E-state index is 0.0616. The number of nitrogens with zero attached hydrogens (tertiary/aromatic N) is 1. The van der Waals surface area contributed by atoms with Crippen LogP contribution in [0, 0.1) is 5.95 Å². The standard InChI is InChI=1S/C13H8ClF3N2O2/c14-9-6-8(1-2-10(9)21-13(16)17)19-12(20)7-3-4-18-11(15)5-7/h1-6,13H,(H,19,20). The number of anilines is 1. The average Bonchev–Trinajstić information content (AvgIpc) is 2.41. The SMILES string of the molecule is O=C(Nc1ccc(OC(F)F)c(Cl)c1)c1ccnc(F)c1. The number of hydrogen-bond donors (Lipinski definition) is 1. The van der Waals surface area contributed by atoms with E-state index in [4.69, 9.17) is 11.6 Å². The highest BCUT2D eigenvalue weighted by atomic mass is 35.5. The van der Waals surface area contributed by atoms with Crippen LogP contribution in [0.2, 0.25) is 5.02 Å². The van der Waals surface area contributed by atoms with Gasteiger partial charge in [0, 0.05) is 23.5 Å². The van der Waals surface area contributed by atoms with E-state index in [0.29, 0.717) is 0 Å². The summed E-state index contributed by atoms with van der Waals surface area (Å²) in [6, 6.07) is 6.06. The van der Waals surface area contributed by atoms with Crippen LogP contribution in [-0.2, 0) is 0 Å². The number of carbonyl (C=O) groups excluding carboxylic acids is 1. The first kappa shape index (κ1) is 15.1. The normalized spacial score (nSPS) is 10.5. The molecule has 0 aliphatic heterocycles. The molecule has 0 fully saturated rings. The molecule has 1 aromatic carbocycles. The molecule has 0 bridgehead atoms. The van der Waals surface area contributed by atoms with E-state index in [1.54, 1.807) is 0 Å². The lowest BCUT2D eigenvalue weighted by Crippen LogP contribution is -2.12. The lowest BCUT2D eigenvalue weighted by atomic mass is 10.2. The summed E-state index contributed by atoms with van der Waals surface area (Å²) < 4.78 is 41.2. The Morgan fingerprint density at radius 2 is 2.05 bits per heavy atom. The van der Waals surface area contributed by atoms with Crippen molar-refractivity contribution in [3.8, 4) is 5.75 Å². The number of halogens is 4. The average molecular weight is 317 g/mol. The van der Waals surface area contributed by atoms with Crippen LogP contribution in [0.5, 0.6) is 5.75 Å². The smallest absolute Gasteiger partial charge is 0.387 e.